The van der Waals surface area contributed by atoms with Gasteiger partial charge in [0.1, 0.15) is 10.8 Å². The topological polar surface area (TPSA) is 46.9 Å². The van der Waals surface area contributed by atoms with Gasteiger partial charge in [0, 0.05) is 12.2 Å². The highest BCUT2D eigenvalue weighted by atomic mass is 35.5. The van der Waals surface area contributed by atoms with Crippen LogP contribution in [0.2, 0.25) is 10.3 Å². The highest BCUT2D eigenvalue weighted by Gasteiger charge is 2.23. The Morgan fingerprint density at radius 3 is 2.81 bits per heavy atom. The SMILES string of the molecule is Cc1cc(Cl)nc(Cl)c1NC(=O)c1cccn1C1CCC1. The lowest BCUT2D eigenvalue weighted by molar-refractivity contribution is 0.101. The van der Waals surface area contributed by atoms with Gasteiger partial charge in [0.25, 0.3) is 5.91 Å². The molecule has 21 heavy (non-hydrogen) atoms. The van der Waals surface area contributed by atoms with Crippen molar-refractivity contribution in [1.29, 1.82) is 0 Å². The minimum absolute atomic E-state index is 0.180. The van der Waals surface area contributed by atoms with Crippen molar-refractivity contribution < 1.29 is 4.79 Å². The number of aryl methyl sites for hydroxylation is 1. The van der Waals surface area contributed by atoms with Crippen LogP contribution in [-0.2, 0) is 0 Å². The number of nitrogens with zero attached hydrogens (tertiary/aromatic N) is 2. The Balaban J connectivity index is 1.86. The zero-order chi connectivity index (χ0) is 15.0. The van der Waals surface area contributed by atoms with Crippen molar-refractivity contribution in [2.75, 3.05) is 5.32 Å². The molecular formula is C15H15Cl2N3O. The van der Waals surface area contributed by atoms with Gasteiger partial charge < -0.3 is 9.88 Å². The molecule has 1 N–H and O–H groups in total. The minimum Gasteiger partial charge on any atom is -0.340 e. The van der Waals surface area contributed by atoms with E-state index < -0.39 is 0 Å². The van der Waals surface area contributed by atoms with Crippen LogP contribution in [0.1, 0.15) is 41.4 Å². The fourth-order valence-electron chi connectivity index (χ4n) is 2.49. The summed E-state index contributed by atoms with van der Waals surface area (Å²) in [6.45, 7) is 1.83. The predicted octanol–water partition coefficient (Wildman–Crippen LogP) is 4.48. The van der Waals surface area contributed by atoms with Crippen LogP contribution >= 0.6 is 23.2 Å². The molecule has 0 aromatic carbocycles. The second-order valence-corrected chi connectivity index (χ2v) is 6.01. The zero-order valence-corrected chi connectivity index (χ0v) is 13.1. The highest BCUT2D eigenvalue weighted by Crippen LogP contribution is 2.33. The van der Waals surface area contributed by atoms with E-state index in [1.807, 2.05) is 29.8 Å². The monoisotopic (exact) mass is 323 g/mol. The zero-order valence-electron chi connectivity index (χ0n) is 11.6. The minimum atomic E-state index is -0.180. The number of halogens is 2. The van der Waals surface area contributed by atoms with Crippen molar-refractivity contribution in [1.82, 2.24) is 9.55 Å². The Morgan fingerprint density at radius 1 is 1.43 bits per heavy atom. The lowest BCUT2D eigenvalue weighted by atomic mass is 9.93. The average Bonchev–Trinajstić information content (AvgIpc) is 2.80. The summed E-state index contributed by atoms with van der Waals surface area (Å²) in [5.74, 6) is -0.180. The molecule has 2 heterocycles. The standard InChI is InChI=1S/C15H15Cl2N3O/c1-9-8-12(16)18-14(17)13(9)19-15(21)11-6-3-7-20(11)10-4-2-5-10/h3,6-8,10H,2,4-5H2,1H3,(H,19,21). The molecule has 6 heteroatoms. The molecule has 4 nitrogen and oxygen atoms in total. The molecular weight excluding hydrogens is 309 g/mol. The lowest BCUT2D eigenvalue weighted by Crippen LogP contribution is -2.23. The van der Waals surface area contributed by atoms with E-state index in [-0.39, 0.29) is 11.1 Å². The number of carbonyl (C=O) groups is 1. The molecule has 0 radical (unpaired) electrons. The molecule has 0 bridgehead atoms. The number of hydrogen-bond donors (Lipinski definition) is 1. The Kier molecular flexibility index (Phi) is 3.91. The maximum absolute atomic E-state index is 12.5. The van der Waals surface area contributed by atoms with Crippen molar-refractivity contribution in [2.45, 2.75) is 32.2 Å². The molecule has 1 saturated carbocycles. The molecule has 3 rings (SSSR count). The van der Waals surface area contributed by atoms with E-state index >= 15 is 0 Å². The molecule has 0 spiro atoms. The molecule has 110 valence electrons. The summed E-state index contributed by atoms with van der Waals surface area (Å²) in [5.41, 5.74) is 1.94. The highest BCUT2D eigenvalue weighted by molar-refractivity contribution is 6.35. The van der Waals surface area contributed by atoms with E-state index in [4.69, 9.17) is 23.2 Å². The second kappa shape index (κ2) is 5.70. The summed E-state index contributed by atoms with van der Waals surface area (Å²) in [6.07, 6.45) is 5.41. The van der Waals surface area contributed by atoms with Crippen LogP contribution in [0.5, 0.6) is 0 Å². The Labute approximate surface area is 133 Å². The van der Waals surface area contributed by atoms with Crippen molar-refractivity contribution in [3.8, 4) is 0 Å². The van der Waals surface area contributed by atoms with Gasteiger partial charge >= 0.3 is 0 Å². The third-order valence-corrected chi connectivity index (χ3v) is 4.33. The molecule has 2 aromatic rings. The Morgan fingerprint density at radius 2 is 2.19 bits per heavy atom. The van der Waals surface area contributed by atoms with Gasteiger partial charge in [-0.05, 0) is 49.9 Å². The van der Waals surface area contributed by atoms with Crippen molar-refractivity contribution in [3.05, 3.63) is 46.0 Å². The summed E-state index contributed by atoms with van der Waals surface area (Å²) >= 11 is 11.9. The van der Waals surface area contributed by atoms with Crippen LogP contribution in [0.3, 0.4) is 0 Å². The maximum atomic E-state index is 12.5. The van der Waals surface area contributed by atoms with Crippen molar-refractivity contribution in [2.24, 2.45) is 0 Å². The maximum Gasteiger partial charge on any atom is 0.272 e. The van der Waals surface area contributed by atoms with E-state index in [1.54, 1.807) is 6.07 Å². The van der Waals surface area contributed by atoms with Crippen LogP contribution in [-0.4, -0.2) is 15.5 Å². The van der Waals surface area contributed by atoms with Gasteiger partial charge in [-0.1, -0.05) is 23.2 Å². The molecule has 0 unspecified atom stereocenters. The molecule has 2 aromatic heterocycles. The van der Waals surface area contributed by atoms with Crippen molar-refractivity contribution in [3.63, 3.8) is 0 Å². The van der Waals surface area contributed by atoms with Gasteiger partial charge in [0.05, 0.1) is 5.69 Å². The van der Waals surface area contributed by atoms with Gasteiger partial charge in [-0.3, -0.25) is 4.79 Å². The normalized spacial score (nSPS) is 14.8. The summed E-state index contributed by atoms with van der Waals surface area (Å²) in [6, 6.07) is 5.82. The molecule has 0 saturated heterocycles. The van der Waals surface area contributed by atoms with E-state index in [1.165, 1.54) is 6.42 Å². The quantitative estimate of drug-likeness (QED) is 0.847. The second-order valence-electron chi connectivity index (χ2n) is 5.27. The first kappa shape index (κ1) is 14.4. The van der Waals surface area contributed by atoms with E-state index in [2.05, 4.69) is 10.3 Å². The Bertz CT molecular complexity index is 669. The third-order valence-electron chi connectivity index (χ3n) is 3.86. The Hall–Kier alpha value is -1.52. The first-order valence-electron chi connectivity index (χ1n) is 6.87. The molecule has 0 atom stereocenters. The number of amides is 1. The first-order valence-corrected chi connectivity index (χ1v) is 7.62. The molecule has 1 amide bonds. The third kappa shape index (κ3) is 2.78. The number of aromatic nitrogens is 2. The summed E-state index contributed by atoms with van der Waals surface area (Å²) in [4.78, 5) is 16.4. The van der Waals surface area contributed by atoms with Gasteiger partial charge in [0.15, 0.2) is 5.15 Å². The van der Waals surface area contributed by atoms with Crippen LogP contribution < -0.4 is 5.32 Å². The lowest BCUT2D eigenvalue weighted by Gasteiger charge is -2.28. The van der Waals surface area contributed by atoms with Gasteiger partial charge in [-0.25, -0.2) is 4.98 Å². The predicted molar refractivity (Wildman–Crippen MR) is 84.3 cm³/mol. The fourth-order valence-corrected chi connectivity index (χ4v) is 3.07. The average molecular weight is 324 g/mol. The van der Waals surface area contributed by atoms with Crippen LogP contribution in [0.15, 0.2) is 24.4 Å². The molecule has 1 aliphatic carbocycles. The van der Waals surface area contributed by atoms with Crippen LogP contribution in [0, 0.1) is 6.92 Å². The largest absolute Gasteiger partial charge is 0.340 e. The summed E-state index contributed by atoms with van der Waals surface area (Å²) in [7, 11) is 0. The van der Waals surface area contributed by atoms with E-state index in [0.717, 1.165) is 18.4 Å². The number of nitrogens with one attached hydrogen (secondary N) is 1. The number of hydrogen-bond acceptors (Lipinski definition) is 2. The van der Waals surface area contributed by atoms with Crippen molar-refractivity contribution >= 4 is 34.8 Å². The first-order chi connectivity index (χ1) is 10.1. The van der Waals surface area contributed by atoms with Crippen LogP contribution in [0.25, 0.3) is 0 Å². The van der Waals surface area contributed by atoms with Crippen LogP contribution in [0.4, 0.5) is 5.69 Å². The van der Waals surface area contributed by atoms with Gasteiger partial charge in [-0.2, -0.15) is 0 Å². The number of anilines is 1. The number of rotatable bonds is 3. The fraction of sp³-hybridized carbons (Fsp3) is 0.333. The number of pyridine rings is 1. The van der Waals surface area contributed by atoms with Gasteiger partial charge in [-0.15, -0.1) is 0 Å². The molecule has 0 aliphatic heterocycles. The smallest absolute Gasteiger partial charge is 0.272 e. The van der Waals surface area contributed by atoms with E-state index in [9.17, 15) is 4.79 Å². The number of carbonyl (C=O) groups excluding carboxylic acids is 1. The summed E-state index contributed by atoms with van der Waals surface area (Å²) in [5, 5.41) is 3.36. The van der Waals surface area contributed by atoms with Gasteiger partial charge in [0.2, 0.25) is 0 Å². The molecule has 1 fully saturated rings. The van der Waals surface area contributed by atoms with E-state index in [0.29, 0.717) is 22.6 Å². The molecule has 1 aliphatic rings. The summed E-state index contributed by atoms with van der Waals surface area (Å²) < 4.78 is 2.03.